The highest BCUT2D eigenvalue weighted by atomic mass is 32.2. The molecule has 3 rings (SSSR count). The van der Waals surface area contributed by atoms with Gasteiger partial charge in [-0.25, -0.2) is 13.2 Å². The molecule has 3 aromatic rings. The molecule has 10 heteroatoms. The highest BCUT2D eigenvalue weighted by molar-refractivity contribution is 7.90. The Bertz CT molecular complexity index is 1180. The van der Waals surface area contributed by atoms with Crippen molar-refractivity contribution >= 4 is 27.1 Å². The number of benzene rings is 2. The predicted octanol–water partition coefficient (Wildman–Crippen LogP) is 5.11. The minimum atomic E-state index is -4.65. The Morgan fingerprint density at radius 2 is 1.87 bits per heavy atom. The molecular weight excluding hydrogens is 441 g/mol. The van der Waals surface area contributed by atoms with Gasteiger partial charge in [-0.15, -0.1) is 0 Å². The smallest absolute Gasteiger partial charge is 0.416 e. The maximum Gasteiger partial charge on any atom is 0.416 e. The standard InChI is InChI=1S/C20H15F3O5S2/c1-28-17-5-2-12(19(24)25)9-18(17)30(26,27)11-14-8-15(20(21,22)23)3-4-16(14)13-6-7-29-10-13/h2-10H,11H2,1H3,(H,24,25). The van der Waals surface area contributed by atoms with Crippen LogP contribution in [-0.4, -0.2) is 26.6 Å². The lowest BCUT2D eigenvalue weighted by Crippen LogP contribution is -2.11. The van der Waals surface area contributed by atoms with Crippen molar-refractivity contribution in [1.29, 1.82) is 0 Å². The van der Waals surface area contributed by atoms with Crippen LogP contribution in [0.15, 0.2) is 58.1 Å². The average molecular weight is 456 g/mol. The number of alkyl halides is 3. The number of carboxylic acid groups (broad SMARTS) is 1. The number of halogens is 3. The quantitative estimate of drug-likeness (QED) is 0.557. The highest BCUT2D eigenvalue weighted by Crippen LogP contribution is 2.36. The number of carboxylic acids is 1. The average Bonchev–Trinajstić information content (AvgIpc) is 3.20. The van der Waals surface area contributed by atoms with Crippen LogP contribution in [0.25, 0.3) is 11.1 Å². The zero-order valence-corrected chi connectivity index (χ0v) is 17.1. The van der Waals surface area contributed by atoms with E-state index in [9.17, 15) is 26.4 Å². The summed E-state index contributed by atoms with van der Waals surface area (Å²) in [6.07, 6.45) is -4.65. The molecule has 30 heavy (non-hydrogen) atoms. The van der Waals surface area contributed by atoms with Gasteiger partial charge in [0.1, 0.15) is 10.6 Å². The topological polar surface area (TPSA) is 80.7 Å². The van der Waals surface area contributed by atoms with E-state index in [1.165, 1.54) is 36.6 Å². The predicted molar refractivity (Wildman–Crippen MR) is 106 cm³/mol. The van der Waals surface area contributed by atoms with Gasteiger partial charge in [-0.3, -0.25) is 0 Å². The van der Waals surface area contributed by atoms with Gasteiger partial charge < -0.3 is 9.84 Å². The molecule has 0 saturated carbocycles. The summed E-state index contributed by atoms with van der Waals surface area (Å²) in [5.74, 6) is -2.20. The molecule has 0 spiro atoms. The Morgan fingerprint density at radius 3 is 2.43 bits per heavy atom. The second-order valence-corrected chi connectivity index (χ2v) is 9.05. The van der Waals surface area contributed by atoms with Crippen molar-refractivity contribution in [3.8, 4) is 16.9 Å². The molecule has 158 valence electrons. The zero-order chi connectivity index (χ0) is 22.1. The van der Waals surface area contributed by atoms with Crippen LogP contribution in [-0.2, 0) is 21.8 Å². The van der Waals surface area contributed by atoms with E-state index in [1.807, 2.05) is 0 Å². The van der Waals surface area contributed by atoms with E-state index in [1.54, 1.807) is 16.8 Å². The summed E-state index contributed by atoms with van der Waals surface area (Å²) in [6, 6.07) is 7.93. The number of thiophene rings is 1. The van der Waals surface area contributed by atoms with Gasteiger partial charge in [0.05, 0.1) is 24.0 Å². The summed E-state index contributed by atoms with van der Waals surface area (Å²) in [4.78, 5) is 10.8. The van der Waals surface area contributed by atoms with Gasteiger partial charge in [0, 0.05) is 0 Å². The van der Waals surface area contributed by atoms with Crippen LogP contribution in [0.2, 0.25) is 0 Å². The first-order chi connectivity index (χ1) is 14.0. The molecule has 1 N–H and O–H groups in total. The SMILES string of the molecule is COc1ccc(C(=O)O)cc1S(=O)(=O)Cc1cc(C(F)(F)F)ccc1-c1ccsc1. The number of aromatic carboxylic acids is 1. The summed E-state index contributed by atoms with van der Waals surface area (Å²) in [5.41, 5.74) is -0.369. The van der Waals surface area contributed by atoms with Crippen LogP contribution < -0.4 is 4.74 Å². The van der Waals surface area contributed by atoms with Gasteiger partial charge in [-0.2, -0.15) is 24.5 Å². The lowest BCUT2D eigenvalue weighted by Gasteiger charge is -2.15. The summed E-state index contributed by atoms with van der Waals surface area (Å²) in [6.45, 7) is 0. The van der Waals surface area contributed by atoms with E-state index in [0.29, 0.717) is 11.1 Å². The highest BCUT2D eigenvalue weighted by Gasteiger charge is 2.32. The molecule has 1 heterocycles. The van der Waals surface area contributed by atoms with Crippen molar-refractivity contribution in [2.75, 3.05) is 7.11 Å². The van der Waals surface area contributed by atoms with E-state index in [0.717, 1.165) is 18.2 Å². The number of rotatable bonds is 6. The molecule has 0 bridgehead atoms. The Kier molecular flexibility index (Phi) is 5.91. The number of sulfone groups is 1. The molecule has 2 aromatic carbocycles. The van der Waals surface area contributed by atoms with Crippen molar-refractivity contribution in [3.63, 3.8) is 0 Å². The molecule has 0 aliphatic rings. The van der Waals surface area contributed by atoms with Crippen LogP contribution in [0.1, 0.15) is 21.5 Å². The van der Waals surface area contributed by atoms with E-state index in [-0.39, 0.29) is 16.9 Å². The summed E-state index contributed by atoms with van der Waals surface area (Å²) >= 11 is 1.32. The van der Waals surface area contributed by atoms with E-state index >= 15 is 0 Å². The first kappa shape index (κ1) is 21.8. The number of carbonyl (C=O) groups is 1. The monoisotopic (exact) mass is 456 g/mol. The van der Waals surface area contributed by atoms with E-state index in [4.69, 9.17) is 9.84 Å². The van der Waals surface area contributed by atoms with Gasteiger partial charge in [0.25, 0.3) is 0 Å². The molecule has 0 unspecified atom stereocenters. The lowest BCUT2D eigenvalue weighted by atomic mass is 10.0. The van der Waals surface area contributed by atoms with Crippen LogP contribution >= 0.6 is 11.3 Å². The van der Waals surface area contributed by atoms with Crippen molar-refractivity contribution in [2.24, 2.45) is 0 Å². The van der Waals surface area contributed by atoms with Crippen LogP contribution in [0.3, 0.4) is 0 Å². The zero-order valence-electron chi connectivity index (χ0n) is 15.4. The van der Waals surface area contributed by atoms with Crippen molar-refractivity contribution in [1.82, 2.24) is 0 Å². The largest absolute Gasteiger partial charge is 0.495 e. The molecule has 0 fully saturated rings. The van der Waals surface area contributed by atoms with Gasteiger partial charge in [-0.05, 0) is 63.8 Å². The molecule has 1 aromatic heterocycles. The first-order valence-corrected chi connectivity index (χ1v) is 11.0. The van der Waals surface area contributed by atoms with Gasteiger partial charge in [-0.1, -0.05) is 6.07 Å². The number of hydrogen-bond donors (Lipinski definition) is 1. The maximum atomic E-state index is 13.2. The Morgan fingerprint density at radius 1 is 1.13 bits per heavy atom. The minimum Gasteiger partial charge on any atom is -0.495 e. The van der Waals surface area contributed by atoms with Gasteiger partial charge in [0.15, 0.2) is 9.84 Å². The van der Waals surface area contributed by atoms with Crippen LogP contribution in [0, 0.1) is 0 Å². The third-order valence-electron chi connectivity index (χ3n) is 4.36. The van der Waals surface area contributed by atoms with E-state index in [2.05, 4.69) is 0 Å². The summed E-state index contributed by atoms with van der Waals surface area (Å²) < 4.78 is 70.9. The maximum absolute atomic E-state index is 13.2. The second kappa shape index (κ2) is 8.11. The van der Waals surface area contributed by atoms with Crippen LogP contribution in [0.5, 0.6) is 5.75 Å². The summed E-state index contributed by atoms with van der Waals surface area (Å²) in [7, 11) is -3.02. The molecule has 0 aliphatic heterocycles. The fraction of sp³-hybridized carbons (Fsp3) is 0.150. The van der Waals surface area contributed by atoms with Crippen molar-refractivity contribution in [3.05, 3.63) is 69.9 Å². The number of hydrogen-bond acceptors (Lipinski definition) is 5. The third kappa shape index (κ3) is 4.49. The molecule has 0 atom stereocenters. The molecule has 5 nitrogen and oxygen atoms in total. The third-order valence-corrected chi connectivity index (χ3v) is 6.72. The van der Waals surface area contributed by atoms with Crippen molar-refractivity contribution in [2.45, 2.75) is 16.8 Å². The molecule has 0 aliphatic carbocycles. The fourth-order valence-electron chi connectivity index (χ4n) is 2.92. The fourth-order valence-corrected chi connectivity index (χ4v) is 5.15. The number of methoxy groups -OCH3 is 1. The molecule has 0 radical (unpaired) electrons. The lowest BCUT2D eigenvalue weighted by molar-refractivity contribution is -0.137. The Labute approximate surface area is 174 Å². The molecular formula is C20H15F3O5S2. The molecule has 0 saturated heterocycles. The summed E-state index contributed by atoms with van der Waals surface area (Å²) in [5, 5.41) is 12.6. The van der Waals surface area contributed by atoms with Gasteiger partial charge in [0.2, 0.25) is 0 Å². The number of ether oxygens (including phenoxy) is 1. The second-order valence-electron chi connectivity index (χ2n) is 6.31. The molecule has 0 amide bonds. The van der Waals surface area contributed by atoms with Crippen LogP contribution in [0.4, 0.5) is 13.2 Å². The van der Waals surface area contributed by atoms with Gasteiger partial charge >= 0.3 is 12.1 Å². The van der Waals surface area contributed by atoms with E-state index < -0.39 is 38.2 Å². The Balaban J connectivity index is 2.15. The first-order valence-electron chi connectivity index (χ1n) is 8.39. The minimum absolute atomic E-state index is 0.0500. The van der Waals surface area contributed by atoms with Crippen molar-refractivity contribution < 1.29 is 36.2 Å². The Hall–Kier alpha value is -2.85. The normalized spacial score (nSPS) is 12.0.